The Hall–Kier alpha value is -1.66. The molecule has 1 aromatic carbocycles. The fraction of sp³-hybridized carbons (Fsp3) is 0.143. The van der Waals surface area contributed by atoms with Crippen molar-refractivity contribution in [1.29, 1.82) is 0 Å². The summed E-state index contributed by atoms with van der Waals surface area (Å²) >= 11 is 8.25. The Morgan fingerprint density at radius 2 is 1.85 bits per heavy atom. The number of thiocarbonyl (C=S) groups is 1. The van der Waals surface area contributed by atoms with Gasteiger partial charge in [-0.1, -0.05) is 6.07 Å². The second kappa shape index (κ2) is 6.19. The van der Waals surface area contributed by atoms with Crippen LogP contribution in [0.3, 0.4) is 0 Å². The van der Waals surface area contributed by atoms with Gasteiger partial charge in [0.15, 0.2) is 15.5 Å². The topological polar surface area (TPSA) is 54.3 Å². The zero-order chi connectivity index (χ0) is 14.7. The predicted molar refractivity (Wildman–Crippen MR) is 86.0 cm³/mol. The molecule has 0 saturated heterocycles. The van der Waals surface area contributed by atoms with Crippen molar-refractivity contribution in [2.45, 2.75) is 13.8 Å². The van der Waals surface area contributed by atoms with Crippen LogP contribution in [-0.4, -0.2) is 11.0 Å². The molecule has 0 radical (unpaired) electrons. The Morgan fingerprint density at radius 3 is 2.40 bits per heavy atom. The van der Waals surface area contributed by atoms with Crippen LogP contribution in [0.1, 0.15) is 21.7 Å². The lowest BCUT2D eigenvalue weighted by Gasteiger charge is -2.10. The van der Waals surface area contributed by atoms with E-state index in [-0.39, 0.29) is 10.9 Å². The van der Waals surface area contributed by atoms with E-state index >= 15 is 0 Å². The first-order chi connectivity index (χ1) is 9.44. The molecular formula is C14H13BrN2O2S. The number of halogens is 1. The Bertz CT molecular complexity index is 647. The summed E-state index contributed by atoms with van der Waals surface area (Å²) in [5.74, 6) is -0.195. The summed E-state index contributed by atoms with van der Waals surface area (Å²) in [6.07, 6.45) is 0. The zero-order valence-corrected chi connectivity index (χ0v) is 13.4. The zero-order valence-electron chi connectivity index (χ0n) is 11.0. The normalized spacial score (nSPS) is 10.2. The third-order valence-electron chi connectivity index (χ3n) is 2.50. The van der Waals surface area contributed by atoms with E-state index < -0.39 is 5.91 Å². The molecule has 0 unspecified atom stereocenters. The molecule has 0 aliphatic rings. The molecule has 2 aromatic rings. The van der Waals surface area contributed by atoms with Gasteiger partial charge < -0.3 is 9.73 Å². The second-order valence-electron chi connectivity index (χ2n) is 4.39. The van der Waals surface area contributed by atoms with Crippen molar-refractivity contribution in [3.63, 3.8) is 0 Å². The lowest BCUT2D eigenvalue weighted by Crippen LogP contribution is -2.33. The van der Waals surface area contributed by atoms with Crippen LogP contribution in [-0.2, 0) is 0 Å². The maximum atomic E-state index is 11.8. The van der Waals surface area contributed by atoms with Crippen molar-refractivity contribution in [1.82, 2.24) is 5.32 Å². The third-order valence-corrected chi connectivity index (χ3v) is 3.13. The number of anilines is 1. The van der Waals surface area contributed by atoms with Gasteiger partial charge in [0.2, 0.25) is 0 Å². The number of carbonyl (C=O) groups excluding carboxylic acids is 1. The van der Waals surface area contributed by atoms with E-state index in [2.05, 4.69) is 32.6 Å². The summed E-state index contributed by atoms with van der Waals surface area (Å²) in [4.78, 5) is 11.8. The summed E-state index contributed by atoms with van der Waals surface area (Å²) in [6.45, 7) is 4.00. The van der Waals surface area contributed by atoms with Crippen molar-refractivity contribution >= 4 is 44.9 Å². The van der Waals surface area contributed by atoms with Crippen LogP contribution in [0.5, 0.6) is 0 Å². The highest BCUT2D eigenvalue weighted by Gasteiger charge is 2.12. The number of amides is 1. The first kappa shape index (κ1) is 14.7. The quantitative estimate of drug-likeness (QED) is 0.807. The van der Waals surface area contributed by atoms with Crippen molar-refractivity contribution in [3.8, 4) is 0 Å². The van der Waals surface area contributed by atoms with Gasteiger partial charge in [0.25, 0.3) is 5.91 Å². The minimum Gasteiger partial charge on any atom is -0.444 e. The molecule has 0 aliphatic carbocycles. The number of aryl methyl sites for hydroxylation is 2. The van der Waals surface area contributed by atoms with E-state index in [0.29, 0.717) is 4.67 Å². The van der Waals surface area contributed by atoms with E-state index in [1.807, 2.05) is 26.0 Å². The van der Waals surface area contributed by atoms with Crippen LogP contribution in [0, 0.1) is 13.8 Å². The number of hydrogen-bond donors (Lipinski definition) is 2. The van der Waals surface area contributed by atoms with Crippen molar-refractivity contribution in [2.24, 2.45) is 0 Å². The Balaban J connectivity index is 2.00. The van der Waals surface area contributed by atoms with E-state index in [9.17, 15) is 4.79 Å². The molecule has 2 N–H and O–H groups in total. The molecule has 0 fully saturated rings. The largest absolute Gasteiger partial charge is 0.444 e. The molecule has 4 nitrogen and oxygen atoms in total. The first-order valence-electron chi connectivity index (χ1n) is 5.90. The smallest absolute Gasteiger partial charge is 0.293 e. The number of carbonyl (C=O) groups is 1. The fourth-order valence-electron chi connectivity index (χ4n) is 1.81. The maximum absolute atomic E-state index is 11.8. The van der Waals surface area contributed by atoms with E-state index in [4.69, 9.17) is 16.6 Å². The molecule has 2 rings (SSSR count). The molecule has 0 aliphatic heterocycles. The molecule has 0 bridgehead atoms. The molecule has 1 amide bonds. The van der Waals surface area contributed by atoms with Gasteiger partial charge in [-0.05, 0) is 77.4 Å². The molecule has 104 valence electrons. The molecule has 20 heavy (non-hydrogen) atoms. The number of hydrogen-bond acceptors (Lipinski definition) is 3. The Kier molecular flexibility index (Phi) is 4.57. The molecule has 1 aromatic heterocycles. The van der Waals surface area contributed by atoms with Gasteiger partial charge in [-0.3, -0.25) is 10.1 Å². The van der Waals surface area contributed by atoms with Gasteiger partial charge in [-0.25, -0.2) is 0 Å². The number of benzene rings is 1. The summed E-state index contributed by atoms with van der Waals surface area (Å²) in [5.41, 5.74) is 3.08. The average molecular weight is 353 g/mol. The van der Waals surface area contributed by atoms with Gasteiger partial charge in [0.1, 0.15) is 0 Å². The van der Waals surface area contributed by atoms with Gasteiger partial charge in [0, 0.05) is 5.69 Å². The van der Waals surface area contributed by atoms with Crippen molar-refractivity contribution in [2.75, 3.05) is 5.32 Å². The molecular weight excluding hydrogens is 340 g/mol. The van der Waals surface area contributed by atoms with E-state index in [0.717, 1.165) is 16.8 Å². The summed E-state index contributed by atoms with van der Waals surface area (Å²) < 4.78 is 5.65. The monoisotopic (exact) mass is 352 g/mol. The molecule has 6 heteroatoms. The summed E-state index contributed by atoms with van der Waals surface area (Å²) in [6, 6.07) is 9.19. The van der Waals surface area contributed by atoms with Crippen LogP contribution < -0.4 is 10.6 Å². The van der Waals surface area contributed by atoms with Crippen LogP contribution in [0.2, 0.25) is 0 Å². The van der Waals surface area contributed by atoms with E-state index in [1.165, 1.54) is 0 Å². The standard InChI is InChI=1S/C14H13BrN2O2S/c1-8-5-9(2)7-10(6-8)16-14(20)17-13(18)11-3-4-12(15)19-11/h3-7H,1-2H3,(H2,16,17,18,20). The minimum absolute atomic E-state index is 0.196. The lowest BCUT2D eigenvalue weighted by molar-refractivity contribution is 0.0949. The van der Waals surface area contributed by atoms with Crippen LogP contribution in [0.15, 0.2) is 39.4 Å². The van der Waals surface area contributed by atoms with Crippen LogP contribution in [0.25, 0.3) is 0 Å². The summed E-state index contributed by atoms with van der Waals surface area (Å²) in [7, 11) is 0. The van der Waals surface area contributed by atoms with Gasteiger partial charge in [-0.15, -0.1) is 0 Å². The molecule has 0 saturated carbocycles. The molecule has 0 atom stereocenters. The highest BCUT2D eigenvalue weighted by molar-refractivity contribution is 9.10. The lowest BCUT2D eigenvalue weighted by atomic mass is 10.1. The van der Waals surface area contributed by atoms with Gasteiger partial charge >= 0.3 is 0 Å². The third kappa shape index (κ3) is 3.91. The number of nitrogens with one attached hydrogen (secondary N) is 2. The number of furan rings is 1. The fourth-order valence-corrected chi connectivity index (χ4v) is 2.33. The highest BCUT2D eigenvalue weighted by Crippen LogP contribution is 2.15. The van der Waals surface area contributed by atoms with Crippen LogP contribution in [0.4, 0.5) is 5.69 Å². The van der Waals surface area contributed by atoms with Crippen LogP contribution >= 0.6 is 28.1 Å². The van der Waals surface area contributed by atoms with Crippen molar-refractivity contribution in [3.05, 3.63) is 51.9 Å². The molecule has 0 spiro atoms. The molecule has 1 heterocycles. The SMILES string of the molecule is Cc1cc(C)cc(NC(=S)NC(=O)c2ccc(Br)o2)c1. The van der Waals surface area contributed by atoms with Gasteiger partial charge in [0.05, 0.1) is 0 Å². The number of rotatable bonds is 2. The predicted octanol–water partition coefficient (Wildman–Crippen LogP) is 3.79. The van der Waals surface area contributed by atoms with Crippen molar-refractivity contribution < 1.29 is 9.21 Å². The summed E-state index contributed by atoms with van der Waals surface area (Å²) in [5, 5.41) is 5.77. The maximum Gasteiger partial charge on any atom is 0.293 e. The highest BCUT2D eigenvalue weighted by atomic mass is 79.9. The first-order valence-corrected chi connectivity index (χ1v) is 7.10. The Morgan fingerprint density at radius 1 is 1.20 bits per heavy atom. The van der Waals surface area contributed by atoms with Gasteiger partial charge in [-0.2, -0.15) is 0 Å². The second-order valence-corrected chi connectivity index (χ2v) is 5.58. The Labute approximate surface area is 130 Å². The average Bonchev–Trinajstić information content (AvgIpc) is 2.74. The van der Waals surface area contributed by atoms with E-state index in [1.54, 1.807) is 12.1 Å². The minimum atomic E-state index is -0.391.